The molecular formula is C32H30N4O5S. The van der Waals surface area contributed by atoms with Gasteiger partial charge in [-0.1, -0.05) is 30.3 Å². The summed E-state index contributed by atoms with van der Waals surface area (Å²) in [5.74, 6) is -0.0579. The Morgan fingerprint density at radius 2 is 1.69 bits per heavy atom. The first-order valence-corrected chi connectivity index (χ1v) is 13.8. The van der Waals surface area contributed by atoms with Crippen LogP contribution in [0.2, 0.25) is 0 Å². The van der Waals surface area contributed by atoms with Crippen LogP contribution < -0.4 is 25.4 Å². The number of rotatable bonds is 11. The number of carbonyl (C=O) groups is 3. The Balaban J connectivity index is 1.46. The minimum absolute atomic E-state index is 0.0508. The Labute approximate surface area is 248 Å². The van der Waals surface area contributed by atoms with Gasteiger partial charge in [-0.3, -0.25) is 19.4 Å². The molecule has 4 aromatic rings. The van der Waals surface area contributed by atoms with Gasteiger partial charge in [-0.2, -0.15) is 0 Å². The number of pyridine rings is 1. The molecule has 9 nitrogen and oxygen atoms in total. The average Bonchev–Trinajstić information content (AvgIpc) is 3.01. The molecule has 0 aliphatic rings. The molecule has 0 saturated carbocycles. The van der Waals surface area contributed by atoms with Gasteiger partial charge in [0, 0.05) is 34.6 Å². The fourth-order valence-corrected chi connectivity index (χ4v) is 4.75. The van der Waals surface area contributed by atoms with Crippen molar-refractivity contribution in [2.75, 3.05) is 24.9 Å². The summed E-state index contributed by atoms with van der Waals surface area (Å²) in [5.41, 5.74) is 2.11. The lowest BCUT2D eigenvalue weighted by Gasteiger charge is -2.16. The Morgan fingerprint density at radius 3 is 2.40 bits per heavy atom. The van der Waals surface area contributed by atoms with Crippen molar-refractivity contribution >= 4 is 46.9 Å². The number of amides is 3. The molecule has 0 saturated heterocycles. The van der Waals surface area contributed by atoms with Crippen LogP contribution in [0.4, 0.5) is 11.4 Å². The van der Waals surface area contributed by atoms with Crippen molar-refractivity contribution in [3.05, 3.63) is 114 Å². The molecule has 214 valence electrons. The maximum atomic E-state index is 13.3. The topological polar surface area (TPSA) is 119 Å². The molecule has 0 aliphatic heterocycles. The van der Waals surface area contributed by atoms with Gasteiger partial charge in [-0.25, -0.2) is 0 Å². The minimum Gasteiger partial charge on any atom is -0.497 e. The largest absolute Gasteiger partial charge is 0.497 e. The third-order valence-electron chi connectivity index (χ3n) is 5.96. The van der Waals surface area contributed by atoms with E-state index in [0.717, 1.165) is 4.90 Å². The maximum Gasteiger partial charge on any atom is 0.272 e. The van der Waals surface area contributed by atoms with E-state index in [-0.39, 0.29) is 11.6 Å². The number of methoxy groups -OCH3 is 2. The van der Waals surface area contributed by atoms with Crippen LogP contribution in [0.3, 0.4) is 0 Å². The Bertz CT molecular complexity index is 1580. The zero-order valence-corrected chi connectivity index (χ0v) is 24.1. The molecule has 0 fully saturated rings. The Hall–Kier alpha value is -5.09. The first kappa shape index (κ1) is 29.9. The number of nitrogens with zero attached hydrogens (tertiary/aromatic N) is 1. The van der Waals surface area contributed by atoms with Crippen molar-refractivity contribution in [2.24, 2.45) is 0 Å². The van der Waals surface area contributed by atoms with Gasteiger partial charge in [0.05, 0.1) is 25.2 Å². The lowest BCUT2D eigenvalue weighted by molar-refractivity contribution is -0.115. The van der Waals surface area contributed by atoms with Crippen LogP contribution in [0.15, 0.2) is 108 Å². The molecule has 1 heterocycles. The molecule has 3 N–H and O–H groups in total. The van der Waals surface area contributed by atoms with E-state index in [1.807, 2.05) is 6.07 Å². The van der Waals surface area contributed by atoms with Gasteiger partial charge in [0.25, 0.3) is 11.8 Å². The maximum absolute atomic E-state index is 13.3. The summed E-state index contributed by atoms with van der Waals surface area (Å²) < 4.78 is 10.6. The highest BCUT2D eigenvalue weighted by Gasteiger charge is 2.19. The van der Waals surface area contributed by atoms with Gasteiger partial charge in [0.1, 0.15) is 17.2 Å². The smallest absolute Gasteiger partial charge is 0.272 e. The molecule has 0 aliphatic carbocycles. The van der Waals surface area contributed by atoms with Crippen molar-refractivity contribution in [2.45, 2.75) is 17.1 Å². The normalized spacial score (nSPS) is 11.6. The Morgan fingerprint density at radius 1 is 0.881 bits per heavy atom. The van der Waals surface area contributed by atoms with Crippen LogP contribution in [0.25, 0.3) is 6.08 Å². The summed E-state index contributed by atoms with van der Waals surface area (Å²) in [6.07, 6.45) is 4.77. The predicted octanol–water partition coefficient (Wildman–Crippen LogP) is 5.63. The zero-order valence-electron chi connectivity index (χ0n) is 23.3. The van der Waals surface area contributed by atoms with Gasteiger partial charge < -0.3 is 25.4 Å². The zero-order chi connectivity index (χ0) is 29.9. The van der Waals surface area contributed by atoms with E-state index in [2.05, 4.69) is 20.9 Å². The fraction of sp³-hybridized carbons (Fsp3) is 0.125. The summed E-state index contributed by atoms with van der Waals surface area (Å²) in [4.78, 5) is 44.0. The van der Waals surface area contributed by atoms with E-state index in [1.165, 1.54) is 18.9 Å². The number of thioether (sulfide) groups is 1. The second kappa shape index (κ2) is 14.5. The summed E-state index contributed by atoms with van der Waals surface area (Å²) in [7, 11) is 3.08. The van der Waals surface area contributed by atoms with E-state index in [1.54, 1.807) is 111 Å². The molecule has 10 heteroatoms. The quantitative estimate of drug-likeness (QED) is 0.155. The molecule has 0 spiro atoms. The van der Waals surface area contributed by atoms with Crippen LogP contribution in [-0.4, -0.2) is 42.2 Å². The number of anilines is 2. The van der Waals surface area contributed by atoms with E-state index in [9.17, 15) is 14.4 Å². The first-order valence-electron chi connectivity index (χ1n) is 13.0. The molecule has 3 amide bonds. The minimum atomic E-state index is -0.513. The standard InChI is InChI=1S/C32H30N4O5S/c1-21(30(37)35-27-19-25(40-2)14-15-29(27)41-3)42-26-13-7-12-24(18-26)34-32(39)28(17-22-9-8-16-33-20-22)36-31(38)23-10-5-4-6-11-23/h4-21H,1-3H3,(H,34,39)(H,35,37)(H,36,38)/b28-17-. The van der Waals surface area contributed by atoms with Crippen molar-refractivity contribution in [1.82, 2.24) is 10.3 Å². The van der Waals surface area contributed by atoms with Crippen molar-refractivity contribution < 1.29 is 23.9 Å². The molecule has 3 aromatic carbocycles. The molecule has 0 bridgehead atoms. The second-order valence-electron chi connectivity index (χ2n) is 8.96. The number of ether oxygens (including phenoxy) is 2. The number of carbonyl (C=O) groups excluding carboxylic acids is 3. The fourth-order valence-electron chi connectivity index (χ4n) is 3.82. The first-order chi connectivity index (χ1) is 20.4. The van der Waals surface area contributed by atoms with Crippen LogP contribution in [0.5, 0.6) is 11.5 Å². The summed E-state index contributed by atoms with van der Waals surface area (Å²) in [6.45, 7) is 1.78. The SMILES string of the molecule is COc1ccc(OC)c(NC(=O)C(C)Sc2cccc(NC(=O)/C(=C/c3cccnc3)NC(=O)c3ccccc3)c2)c1. The molecule has 42 heavy (non-hydrogen) atoms. The van der Waals surface area contributed by atoms with Gasteiger partial charge >= 0.3 is 0 Å². The highest BCUT2D eigenvalue weighted by molar-refractivity contribution is 8.00. The monoisotopic (exact) mass is 582 g/mol. The van der Waals surface area contributed by atoms with E-state index in [4.69, 9.17) is 9.47 Å². The van der Waals surface area contributed by atoms with Crippen molar-refractivity contribution in [3.8, 4) is 11.5 Å². The third-order valence-corrected chi connectivity index (χ3v) is 7.06. The molecule has 1 unspecified atom stereocenters. The van der Waals surface area contributed by atoms with E-state index in [0.29, 0.717) is 34.0 Å². The summed E-state index contributed by atoms with van der Waals surface area (Å²) in [5, 5.41) is 7.96. The predicted molar refractivity (Wildman–Crippen MR) is 165 cm³/mol. The van der Waals surface area contributed by atoms with Crippen LogP contribution in [-0.2, 0) is 9.59 Å². The van der Waals surface area contributed by atoms with Crippen molar-refractivity contribution in [1.29, 1.82) is 0 Å². The van der Waals surface area contributed by atoms with Crippen molar-refractivity contribution in [3.63, 3.8) is 0 Å². The summed E-state index contributed by atoms with van der Waals surface area (Å²) >= 11 is 1.33. The molecule has 0 radical (unpaired) electrons. The lowest BCUT2D eigenvalue weighted by atomic mass is 10.2. The van der Waals surface area contributed by atoms with E-state index < -0.39 is 17.1 Å². The molecular weight excluding hydrogens is 552 g/mol. The van der Waals surface area contributed by atoms with Crippen LogP contribution in [0.1, 0.15) is 22.8 Å². The Kier molecular flexibility index (Phi) is 10.3. The second-order valence-corrected chi connectivity index (χ2v) is 10.4. The number of aromatic nitrogens is 1. The van der Waals surface area contributed by atoms with Gasteiger partial charge in [-0.05, 0) is 67.1 Å². The average molecular weight is 583 g/mol. The molecule has 4 rings (SSSR count). The van der Waals surface area contributed by atoms with Gasteiger partial charge in [0.15, 0.2) is 0 Å². The third kappa shape index (κ3) is 8.21. The van der Waals surface area contributed by atoms with Gasteiger partial charge in [-0.15, -0.1) is 11.8 Å². The number of benzene rings is 3. The molecule has 1 aromatic heterocycles. The number of nitrogens with one attached hydrogen (secondary N) is 3. The van der Waals surface area contributed by atoms with Crippen LogP contribution >= 0.6 is 11.8 Å². The van der Waals surface area contributed by atoms with E-state index >= 15 is 0 Å². The number of hydrogen-bond acceptors (Lipinski definition) is 7. The number of hydrogen-bond donors (Lipinski definition) is 3. The van der Waals surface area contributed by atoms with Crippen LogP contribution in [0, 0.1) is 0 Å². The highest BCUT2D eigenvalue weighted by Crippen LogP contribution is 2.31. The van der Waals surface area contributed by atoms with Gasteiger partial charge in [0.2, 0.25) is 5.91 Å². The molecule has 1 atom stereocenters. The lowest BCUT2D eigenvalue weighted by Crippen LogP contribution is -2.30. The summed E-state index contributed by atoms with van der Waals surface area (Å²) in [6, 6.07) is 24.4. The highest BCUT2D eigenvalue weighted by atomic mass is 32.2.